The van der Waals surface area contributed by atoms with E-state index in [1.54, 1.807) is 6.92 Å². The summed E-state index contributed by atoms with van der Waals surface area (Å²) in [7, 11) is -2.38. The number of nitrogens with one attached hydrogen (secondary N) is 1. The van der Waals surface area contributed by atoms with E-state index in [9.17, 15) is 8.42 Å². The van der Waals surface area contributed by atoms with E-state index in [0.29, 0.717) is 5.75 Å². The molecule has 118 valence electrons. The lowest BCUT2D eigenvalue weighted by molar-refractivity contribution is 0.414. The van der Waals surface area contributed by atoms with Crippen molar-refractivity contribution in [2.45, 2.75) is 17.9 Å². The molecule has 0 heterocycles. The normalized spacial score (nSPS) is 12.9. The van der Waals surface area contributed by atoms with Gasteiger partial charge in [-0.3, -0.25) is 0 Å². The molecule has 0 spiro atoms. The number of sulfonamides is 1. The molecule has 0 aliphatic heterocycles. The van der Waals surface area contributed by atoms with E-state index in [1.807, 2.05) is 30.3 Å². The Bertz CT molecular complexity index is 764. The lowest BCUT2D eigenvalue weighted by Gasteiger charge is -2.16. The van der Waals surface area contributed by atoms with Crippen LogP contribution in [0.4, 0.5) is 0 Å². The lowest BCUT2D eigenvalue weighted by atomic mass is 10.1. The van der Waals surface area contributed by atoms with Crippen LogP contribution >= 0.6 is 23.2 Å². The summed E-state index contributed by atoms with van der Waals surface area (Å²) in [4.78, 5) is -0.0808. The van der Waals surface area contributed by atoms with Crippen molar-refractivity contribution >= 4 is 33.2 Å². The van der Waals surface area contributed by atoms with Gasteiger partial charge in [-0.25, -0.2) is 13.1 Å². The predicted octanol–water partition coefficient (Wildman–Crippen LogP) is 4.04. The molecular formula is C15H15Cl2NO3S. The van der Waals surface area contributed by atoms with Crippen LogP contribution in [-0.2, 0) is 10.0 Å². The van der Waals surface area contributed by atoms with Gasteiger partial charge in [0.25, 0.3) is 0 Å². The number of hydrogen-bond acceptors (Lipinski definition) is 3. The number of benzene rings is 2. The van der Waals surface area contributed by atoms with Gasteiger partial charge in [-0.05, 0) is 24.6 Å². The average molecular weight is 360 g/mol. The Hall–Kier alpha value is -1.27. The van der Waals surface area contributed by atoms with Gasteiger partial charge in [0.2, 0.25) is 10.0 Å². The SMILES string of the molecule is COc1ccc(S(=O)(=O)N[C@H](C)c2ccccc2)c(Cl)c1Cl. The number of ether oxygens (including phenoxy) is 1. The molecule has 0 radical (unpaired) electrons. The molecule has 4 nitrogen and oxygen atoms in total. The van der Waals surface area contributed by atoms with Crippen LogP contribution in [-0.4, -0.2) is 15.5 Å². The summed E-state index contributed by atoms with van der Waals surface area (Å²) in [5.74, 6) is 0.321. The molecule has 2 rings (SSSR count). The smallest absolute Gasteiger partial charge is 0.242 e. The molecule has 0 bridgehead atoms. The van der Waals surface area contributed by atoms with E-state index >= 15 is 0 Å². The zero-order chi connectivity index (χ0) is 16.3. The van der Waals surface area contributed by atoms with Gasteiger partial charge in [0.15, 0.2) is 0 Å². The Morgan fingerprint density at radius 3 is 2.27 bits per heavy atom. The molecular weight excluding hydrogens is 345 g/mol. The molecule has 0 aliphatic rings. The predicted molar refractivity (Wildman–Crippen MR) is 88.2 cm³/mol. The van der Waals surface area contributed by atoms with Crippen LogP contribution in [0.2, 0.25) is 10.0 Å². The average Bonchev–Trinajstić information content (AvgIpc) is 2.50. The summed E-state index contributed by atoms with van der Waals surface area (Å²) in [6.07, 6.45) is 0. The third-order valence-electron chi connectivity index (χ3n) is 3.15. The van der Waals surface area contributed by atoms with Gasteiger partial charge in [0.1, 0.15) is 15.7 Å². The highest BCUT2D eigenvalue weighted by molar-refractivity contribution is 7.89. The zero-order valence-corrected chi connectivity index (χ0v) is 14.3. The molecule has 7 heteroatoms. The third kappa shape index (κ3) is 3.55. The summed E-state index contributed by atoms with van der Waals surface area (Å²) in [6.45, 7) is 1.76. The largest absolute Gasteiger partial charge is 0.495 e. The summed E-state index contributed by atoms with van der Waals surface area (Å²) < 4.78 is 32.6. The van der Waals surface area contributed by atoms with E-state index < -0.39 is 16.1 Å². The molecule has 0 saturated heterocycles. The van der Waals surface area contributed by atoms with Crippen molar-refractivity contribution in [2.75, 3.05) is 7.11 Å². The number of methoxy groups -OCH3 is 1. The van der Waals surface area contributed by atoms with E-state index in [0.717, 1.165) is 5.56 Å². The molecule has 0 unspecified atom stereocenters. The van der Waals surface area contributed by atoms with Crippen molar-refractivity contribution in [2.24, 2.45) is 0 Å². The highest BCUT2D eigenvalue weighted by Crippen LogP contribution is 2.36. The zero-order valence-electron chi connectivity index (χ0n) is 12.0. The van der Waals surface area contributed by atoms with E-state index in [4.69, 9.17) is 27.9 Å². The fourth-order valence-corrected chi connectivity index (χ4v) is 4.06. The maximum atomic E-state index is 12.5. The molecule has 22 heavy (non-hydrogen) atoms. The molecule has 0 saturated carbocycles. The standard InChI is InChI=1S/C15H15Cl2NO3S/c1-10(11-6-4-3-5-7-11)18-22(19,20)13-9-8-12(21-2)14(16)15(13)17/h3-10,18H,1-2H3/t10-/m1/s1. The topological polar surface area (TPSA) is 55.4 Å². The van der Waals surface area contributed by atoms with E-state index in [-0.39, 0.29) is 14.9 Å². The Labute approximate surface area is 140 Å². The van der Waals surface area contributed by atoms with Crippen molar-refractivity contribution in [3.05, 3.63) is 58.1 Å². The van der Waals surface area contributed by atoms with Crippen LogP contribution in [0.25, 0.3) is 0 Å². The van der Waals surface area contributed by atoms with Crippen LogP contribution < -0.4 is 9.46 Å². The van der Waals surface area contributed by atoms with Crippen LogP contribution in [0.3, 0.4) is 0 Å². The Morgan fingerprint density at radius 1 is 1.05 bits per heavy atom. The van der Waals surface area contributed by atoms with Gasteiger partial charge >= 0.3 is 0 Å². The maximum Gasteiger partial charge on any atom is 0.242 e. The molecule has 0 aliphatic carbocycles. The fourth-order valence-electron chi connectivity index (χ4n) is 1.99. The number of rotatable bonds is 5. The highest BCUT2D eigenvalue weighted by atomic mass is 35.5. The van der Waals surface area contributed by atoms with Gasteiger partial charge in [0, 0.05) is 6.04 Å². The van der Waals surface area contributed by atoms with Gasteiger partial charge in [-0.2, -0.15) is 0 Å². The second-order valence-electron chi connectivity index (χ2n) is 4.65. The third-order valence-corrected chi connectivity index (χ3v) is 5.71. The molecule has 0 aromatic heterocycles. The minimum atomic E-state index is -3.81. The van der Waals surface area contributed by atoms with Gasteiger partial charge < -0.3 is 4.74 Å². The Morgan fingerprint density at radius 2 is 1.68 bits per heavy atom. The van der Waals surface area contributed by atoms with Crippen molar-refractivity contribution in [3.63, 3.8) is 0 Å². The quantitative estimate of drug-likeness (QED) is 0.876. The van der Waals surface area contributed by atoms with Crippen LogP contribution in [0.5, 0.6) is 5.75 Å². The monoisotopic (exact) mass is 359 g/mol. The maximum absolute atomic E-state index is 12.5. The lowest BCUT2D eigenvalue weighted by Crippen LogP contribution is -2.27. The molecule has 1 atom stereocenters. The molecule has 0 amide bonds. The number of hydrogen-bond donors (Lipinski definition) is 1. The van der Waals surface area contributed by atoms with Crippen LogP contribution in [0.1, 0.15) is 18.5 Å². The van der Waals surface area contributed by atoms with Crippen molar-refractivity contribution in [1.82, 2.24) is 4.72 Å². The second-order valence-corrected chi connectivity index (χ2v) is 7.09. The molecule has 1 N–H and O–H groups in total. The first-order valence-corrected chi connectivity index (χ1v) is 8.70. The Balaban J connectivity index is 2.34. The van der Waals surface area contributed by atoms with Crippen molar-refractivity contribution < 1.29 is 13.2 Å². The first-order chi connectivity index (χ1) is 10.4. The summed E-state index contributed by atoms with van der Waals surface area (Å²) in [6, 6.07) is 11.7. The fraction of sp³-hybridized carbons (Fsp3) is 0.200. The van der Waals surface area contributed by atoms with E-state index in [2.05, 4.69) is 4.72 Å². The van der Waals surface area contributed by atoms with Crippen LogP contribution in [0.15, 0.2) is 47.4 Å². The molecule has 2 aromatic rings. The Kier molecular flexibility index (Phi) is 5.34. The number of halogens is 2. The second kappa shape index (κ2) is 6.87. The van der Waals surface area contributed by atoms with Gasteiger partial charge in [-0.15, -0.1) is 0 Å². The first kappa shape index (κ1) is 17.1. The van der Waals surface area contributed by atoms with Crippen LogP contribution in [0, 0.1) is 0 Å². The van der Waals surface area contributed by atoms with Gasteiger partial charge in [-0.1, -0.05) is 53.5 Å². The van der Waals surface area contributed by atoms with Crippen molar-refractivity contribution in [3.8, 4) is 5.75 Å². The van der Waals surface area contributed by atoms with Crippen molar-refractivity contribution in [1.29, 1.82) is 0 Å². The highest BCUT2D eigenvalue weighted by Gasteiger charge is 2.24. The molecule has 2 aromatic carbocycles. The minimum Gasteiger partial charge on any atom is -0.495 e. The van der Waals surface area contributed by atoms with E-state index in [1.165, 1.54) is 19.2 Å². The minimum absolute atomic E-state index is 0.0613. The summed E-state index contributed by atoms with van der Waals surface area (Å²) in [5, 5.41) is 0.00758. The molecule has 0 fully saturated rings. The summed E-state index contributed by atoms with van der Waals surface area (Å²) in [5.41, 5.74) is 0.849. The summed E-state index contributed by atoms with van der Waals surface area (Å²) >= 11 is 12.1. The first-order valence-electron chi connectivity index (χ1n) is 6.46. The van der Waals surface area contributed by atoms with Gasteiger partial charge in [0.05, 0.1) is 12.1 Å².